The second-order valence-electron chi connectivity index (χ2n) is 7.86. The molecule has 1 amide bonds. The molecule has 0 unspecified atom stereocenters. The molecule has 1 saturated heterocycles. The van der Waals surface area contributed by atoms with Crippen LogP contribution in [0.2, 0.25) is 0 Å². The van der Waals surface area contributed by atoms with Crippen molar-refractivity contribution in [2.75, 3.05) is 37.8 Å². The number of rotatable bonds is 11. The minimum Gasteiger partial charge on any atom is -0.494 e. The predicted molar refractivity (Wildman–Crippen MR) is 135 cm³/mol. The van der Waals surface area contributed by atoms with Gasteiger partial charge in [-0.15, -0.1) is 0 Å². The fourth-order valence-corrected chi connectivity index (χ4v) is 3.68. The van der Waals surface area contributed by atoms with Gasteiger partial charge in [-0.3, -0.25) is 9.79 Å². The Labute approximate surface area is 200 Å². The maximum atomic E-state index is 14.1. The number of halogens is 1. The molecule has 1 fully saturated rings. The van der Waals surface area contributed by atoms with Crippen LogP contribution < -0.4 is 15.0 Å². The number of benzene rings is 2. The summed E-state index contributed by atoms with van der Waals surface area (Å²) in [4.78, 5) is 18.3. The fourth-order valence-electron chi connectivity index (χ4n) is 3.68. The molecule has 0 aliphatic carbocycles. The van der Waals surface area contributed by atoms with Gasteiger partial charge in [0.2, 0.25) is 5.91 Å². The molecule has 180 valence electrons. The van der Waals surface area contributed by atoms with Crippen LogP contribution in [0.25, 0.3) is 5.57 Å². The summed E-state index contributed by atoms with van der Waals surface area (Å²) in [5.74, 6) is 0.420. The third-order valence-corrected chi connectivity index (χ3v) is 5.37. The number of hydrogen-bond donors (Lipinski definition) is 1. The van der Waals surface area contributed by atoms with Crippen molar-refractivity contribution in [3.8, 4) is 5.75 Å². The van der Waals surface area contributed by atoms with Gasteiger partial charge in [0, 0.05) is 37.9 Å². The zero-order chi connectivity index (χ0) is 24.2. The van der Waals surface area contributed by atoms with E-state index in [1.165, 1.54) is 12.1 Å². The molecule has 1 aliphatic rings. The van der Waals surface area contributed by atoms with E-state index in [1.807, 2.05) is 49.4 Å². The number of allylic oxidation sites excluding steroid dienone is 3. The van der Waals surface area contributed by atoms with Crippen LogP contribution in [0.4, 0.5) is 10.1 Å². The van der Waals surface area contributed by atoms with E-state index in [0.29, 0.717) is 32.7 Å². The molecule has 1 heterocycles. The summed E-state index contributed by atoms with van der Waals surface area (Å²) in [5.41, 5.74) is 3.44. The fraction of sp³-hybridized carbons (Fsp3) is 0.333. The van der Waals surface area contributed by atoms with Crippen molar-refractivity contribution in [1.82, 2.24) is 5.32 Å². The van der Waals surface area contributed by atoms with E-state index in [2.05, 4.69) is 21.9 Å². The van der Waals surface area contributed by atoms with E-state index in [0.717, 1.165) is 41.2 Å². The number of morpholine rings is 1. The Morgan fingerprint density at radius 3 is 2.71 bits per heavy atom. The first-order valence-electron chi connectivity index (χ1n) is 11.5. The summed E-state index contributed by atoms with van der Waals surface area (Å²) in [5, 5.41) is 2.88. The molecular weight excluding hydrogens is 433 g/mol. The minimum absolute atomic E-state index is 0.0877. The van der Waals surface area contributed by atoms with Crippen molar-refractivity contribution in [3.05, 3.63) is 77.8 Å². The second-order valence-corrected chi connectivity index (χ2v) is 7.86. The number of hydrogen-bond acceptors (Lipinski definition) is 5. The van der Waals surface area contributed by atoms with E-state index in [9.17, 15) is 9.18 Å². The topological polar surface area (TPSA) is 63.2 Å². The van der Waals surface area contributed by atoms with Gasteiger partial charge >= 0.3 is 0 Å². The van der Waals surface area contributed by atoms with Crippen LogP contribution in [-0.4, -0.2) is 45.5 Å². The number of nitrogens with zero attached hydrogens (tertiary/aromatic N) is 2. The average molecular weight is 466 g/mol. The number of ether oxygens (including phenoxy) is 2. The number of carbonyl (C=O) groups excluding carboxylic acids is 1. The number of aliphatic imine (C=N–C) groups is 1. The molecule has 6 nitrogen and oxygen atoms in total. The Kier molecular flexibility index (Phi) is 9.85. The molecule has 0 spiro atoms. The summed E-state index contributed by atoms with van der Waals surface area (Å²) >= 11 is 0. The summed E-state index contributed by atoms with van der Waals surface area (Å²) in [6.07, 6.45) is 6.45. The minimum atomic E-state index is -0.305. The van der Waals surface area contributed by atoms with Crippen molar-refractivity contribution >= 4 is 23.9 Å². The second kappa shape index (κ2) is 13.3. The molecular formula is C27H32FN3O3. The molecule has 2 aromatic rings. The highest BCUT2D eigenvalue weighted by Gasteiger charge is 2.13. The molecule has 0 atom stereocenters. The van der Waals surface area contributed by atoms with Crippen LogP contribution in [0.3, 0.4) is 0 Å². The Morgan fingerprint density at radius 1 is 1.24 bits per heavy atom. The van der Waals surface area contributed by atoms with Crippen LogP contribution in [-0.2, 0) is 16.1 Å². The van der Waals surface area contributed by atoms with Crippen molar-refractivity contribution < 1.29 is 18.7 Å². The van der Waals surface area contributed by atoms with Gasteiger partial charge in [-0.2, -0.15) is 0 Å². The normalized spacial score (nSPS) is 14.3. The molecule has 0 radical (unpaired) electrons. The molecule has 2 aromatic carbocycles. The first-order chi connectivity index (χ1) is 16.6. The Hall–Kier alpha value is -3.45. The standard InChI is InChI=1S/C27H32FN3O3/c1-3-34-26-10-8-22(9-11-26)23(20-29-2)6-4-5-7-27(32)30-19-21-16-24(28)18-25(17-21)31-12-14-33-15-13-31/h4,6,8-11,16-18,20H,2-3,5,7,12-15,19H2,1H3,(H,30,32)/b6-4-,23-20+. The molecule has 34 heavy (non-hydrogen) atoms. The quantitative estimate of drug-likeness (QED) is 0.384. The van der Waals surface area contributed by atoms with Crippen LogP contribution in [0.15, 0.2) is 65.8 Å². The highest BCUT2D eigenvalue weighted by atomic mass is 19.1. The van der Waals surface area contributed by atoms with Crippen molar-refractivity contribution in [2.45, 2.75) is 26.3 Å². The molecule has 3 rings (SSSR count). The first-order valence-corrected chi connectivity index (χ1v) is 11.5. The maximum absolute atomic E-state index is 14.1. The van der Waals surface area contributed by atoms with Gasteiger partial charge in [0.25, 0.3) is 0 Å². The molecule has 1 aliphatic heterocycles. The van der Waals surface area contributed by atoms with Gasteiger partial charge in [0.15, 0.2) is 0 Å². The third kappa shape index (κ3) is 7.85. The van der Waals surface area contributed by atoms with E-state index < -0.39 is 0 Å². The number of amides is 1. The lowest BCUT2D eigenvalue weighted by Gasteiger charge is -2.29. The smallest absolute Gasteiger partial charge is 0.220 e. The summed E-state index contributed by atoms with van der Waals surface area (Å²) in [6.45, 7) is 9.12. The predicted octanol–water partition coefficient (Wildman–Crippen LogP) is 4.76. The number of anilines is 1. The summed E-state index contributed by atoms with van der Waals surface area (Å²) in [7, 11) is 0. The van der Waals surface area contributed by atoms with Crippen molar-refractivity contribution in [2.24, 2.45) is 4.99 Å². The molecule has 7 heteroatoms. The van der Waals surface area contributed by atoms with E-state index in [4.69, 9.17) is 9.47 Å². The van der Waals surface area contributed by atoms with E-state index in [-0.39, 0.29) is 18.3 Å². The number of carbonyl (C=O) groups is 1. The summed E-state index contributed by atoms with van der Waals surface area (Å²) in [6, 6.07) is 12.6. The first kappa shape index (κ1) is 25.2. The highest BCUT2D eigenvalue weighted by Crippen LogP contribution is 2.21. The molecule has 1 N–H and O–H groups in total. The Balaban J connectivity index is 1.49. The van der Waals surface area contributed by atoms with Crippen molar-refractivity contribution in [1.29, 1.82) is 0 Å². The third-order valence-electron chi connectivity index (χ3n) is 5.37. The maximum Gasteiger partial charge on any atom is 0.220 e. The summed E-state index contributed by atoms with van der Waals surface area (Å²) < 4.78 is 24.9. The van der Waals surface area contributed by atoms with E-state index in [1.54, 1.807) is 6.20 Å². The lowest BCUT2D eigenvalue weighted by Crippen LogP contribution is -2.36. The molecule has 0 saturated carbocycles. The Bertz CT molecular complexity index is 1010. The van der Waals surface area contributed by atoms with Gasteiger partial charge < -0.3 is 19.7 Å². The molecule has 0 bridgehead atoms. The van der Waals surface area contributed by atoms with Gasteiger partial charge in [0.1, 0.15) is 11.6 Å². The van der Waals surface area contributed by atoms with Crippen molar-refractivity contribution in [3.63, 3.8) is 0 Å². The average Bonchev–Trinajstić information content (AvgIpc) is 2.85. The van der Waals surface area contributed by atoms with E-state index >= 15 is 0 Å². The van der Waals surface area contributed by atoms with Crippen LogP contribution in [0.1, 0.15) is 30.9 Å². The largest absolute Gasteiger partial charge is 0.494 e. The zero-order valence-electron chi connectivity index (χ0n) is 19.6. The van der Waals surface area contributed by atoms with Gasteiger partial charge in [-0.25, -0.2) is 4.39 Å². The van der Waals surface area contributed by atoms with Gasteiger partial charge in [0.05, 0.1) is 19.8 Å². The molecule has 0 aromatic heterocycles. The van der Waals surface area contributed by atoms with Crippen LogP contribution in [0.5, 0.6) is 5.75 Å². The lowest BCUT2D eigenvalue weighted by molar-refractivity contribution is -0.121. The Morgan fingerprint density at radius 2 is 2.00 bits per heavy atom. The lowest BCUT2D eigenvalue weighted by atomic mass is 10.1. The highest BCUT2D eigenvalue weighted by molar-refractivity contribution is 5.77. The van der Waals surface area contributed by atoms with Crippen LogP contribution in [0, 0.1) is 5.82 Å². The monoisotopic (exact) mass is 465 g/mol. The number of nitrogens with one attached hydrogen (secondary N) is 1. The van der Waals surface area contributed by atoms with Crippen LogP contribution >= 0.6 is 0 Å². The van der Waals surface area contributed by atoms with Gasteiger partial charge in [-0.05, 0) is 67.1 Å². The SMILES string of the molecule is C=N/C=C(\C=C/CCC(=O)NCc1cc(F)cc(N2CCOCC2)c1)c1ccc(OCC)cc1. The zero-order valence-corrected chi connectivity index (χ0v) is 19.6. The van der Waals surface area contributed by atoms with Gasteiger partial charge in [-0.1, -0.05) is 24.3 Å².